The van der Waals surface area contributed by atoms with Gasteiger partial charge in [-0.2, -0.15) is 0 Å². The Balaban J connectivity index is 3.01. The Kier molecular flexibility index (Phi) is 4.74. The van der Waals surface area contributed by atoms with E-state index < -0.39 is 5.82 Å². The first kappa shape index (κ1) is 13.5. The molecule has 0 saturated carbocycles. The number of hydrogen-bond donors (Lipinski definition) is 0. The Bertz CT molecular complexity index is 400. The van der Waals surface area contributed by atoms with Crippen molar-refractivity contribution < 1.29 is 9.18 Å². The second-order valence-electron chi connectivity index (χ2n) is 3.52. The molecule has 0 aliphatic rings. The van der Waals surface area contributed by atoms with Crippen LogP contribution in [0.4, 0.5) is 4.39 Å². The number of halogens is 3. The molecule has 1 atom stereocenters. The van der Waals surface area contributed by atoms with Crippen LogP contribution in [0.25, 0.3) is 0 Å². The van der Waals surface area contributed by atoms with E-state index in [1.807, 2.05) is 6.92 Å². The van der Waals surface area contributed by atoms with Gasteiger partial charge < -0.3 is 4.90 Å². The van der Waals surface area contributed by atoms with E-state index in [0.717, 1.165) is 0 Å². The third-order valence-electron chi connectivity index (χ3n) is 2.39. The summed E-state index contributed by atoms with van der Waals surface area (Å²) in [5.41, 5.74) is 0.192. The lowest BCUT2D eigenvalue weighted by molar-refractivity contribution is 0.0758. The van der Waals surface area contributed by atoms with Crippen LogP contribution in [-0.4, -0.2) is 29.2 Å². The van der Waals surface area contributed by atoms with Crippen LogP contribution in [0.1, 0.15) is 17.3 Å². The first-order valence-electron chi connectivity index (χ1n) is 4.76. The van der Waals surface area contributed by atoms with E-state index in [0.29, 0.717) is 5.33 Å². The number of alkyl halides is 1. The van der Waals surface area contributed by atoms with E-state index >= 15 is 0 Å². The molecule has 0 radical (unpaired) electrons. The van der Waals surface area contributed by atoms with Gasteiger partial charge in [-0.25, -0.2) is 4.39 Å². The molecule has 0 N–H and O–H groups in total. The monoisotopic (exact) mass is 307 g/mol. The highest BCUT2D eigenvalue weighted by Gasteiger charge is 2.20. The van der Waals surface area contributed by atoms with Gasteiger partial charge in [0.05, 0.1) is 10.6 Å². The molecule has 88 valence electrons. The lowest BCUT2D eigenvalue weighted by atomic mass is 10.2. The quantitative estimate of drug-likeness (QED) is 0.784. The molecule has 1 aromatic rings. The van der Waals surface area contributed by atoms with Crippen molar-refractivity contribution in [3.8, 4) is 0 Å². The molecule has 1 aromatic carbocycles. The summed E-state index contributed by atoms with van der Waals surface area (Å²) in [4.78, 5) is 13.5. The van der Waals surface area contributed by atoms with Crippen LogP contribution in [0, 0.1) is 5.82 Å². The van der Waals surface area contributed by atoms with Gasteiger partial charge in [0.25, 0.3) is 5.91 Å². The maximum atomic E-state index is 13.2. The summed E-state index contributed by atoms with van der Waals surface area (Å²) < 4.78 is 13.2. The van der Waals surface area contributed by atoms with Gasteiger partial charge in [-0.1, -0.05) is 33.6 Å². The minimum atomic E-state index is -0.576. The Morgan fingerprint density at radius 2 is 2.25 bits per heavy atom. The molecular weight excluding hydrogens is 296 g/mol. The van der Waals surface area contributed by atoms with Gasteiger partial charge in [0.2, 0.25) is 0 Å². The standard InChI is InChI=1S/C11H12BrClFNO/c1-7(6-12)15(2)11(16)8-4-3-5-9(14)10(8)13/h3-5,7H,6H2,1-2H3. The molecule has 0 heterocycles. The molecule has 0 bridgehead atoms. The van der Waals surface area contributed by atoms with Crippen molar-refractivity contribution in [2.75, 3.05) is 12.4 Å². The number of carbonyl (C=O) groups is 1. The fourth-order valence-electron chi connectivity index (χ4n) is 1.16. The summed E-state index contributed by atoms with van der Waals surface area (Å²) in [5.74, 6) is -0.858. The summed E-state index contributed by atoms with van der Waals surface area (Å²) in [6.45, 7) is 1.89. The van der Waals surface area contributed by atoms with Crippen LogP contribution in [-0.2, 0) is 0 Å². The zero-order chi connectivity index (χ0) is 12.3. The van der Waals surface area contributed by atoms with Gasteiger partial charge in [0.15, 0.2) is 0 Å². The molecule has 0 spiro atoms. The highest BCUT2D eigenvalue weighted by molar-refractivity contribution is 9.09. The minimum Gasteiger partial charge on any atom is -0.338 e. The largest absolute Gasteiger partial charge is 0.338 e. The molecule has 0 aliphatic carbocycles. The Labute approximate surface area is 108 Å². The number of hydrogen-bond acceptors (Lipinski definition) is 1. The molecule has 5 heteroatoms. The van der Waals surface area contributed by atoms with Crippen molar-refractivity contribution in [3.05, 3.63) is 34.6 Å². The summed E-state index contributed by atoms with van der Waals surface area (Å²) in [7, 11) is 1.66. The third kappa shape index (κ3) is 2.74. The fourth-order valence-corrected chi connectivity index (χ4v) is 1.80. The van der Waals surface area contributed by atoms with Crippen LogP contribution in [0.5, 0.6) is 0 Å². The van der Waals surface area contributed by atoms with E-state index in [1.54, 1.807) is 7.05 Å². The normalized spacial score (nSPS) is 12.3. The zero-order valence-electron chi connectivity index (χ0n) is 9.01. The van der Waals surface area contributed by atoms with E-state index in [2.05, 4.69) is 15.9 Å². The highest BCUT2D eigenvalue weighted by Crippen LogP contribution is 2.21. The Morgan fingerprint density at radius 3 is 2.81 bits per heavy atom. The summed E-state index contributed by atoms with van der Waals surface area (Å²) >= 11 is 9.03. The van der Waals surface area contributed by atoms with Crippen LogP contribution < -0.4 is 0 Å². The molecule has 0 fully saturated rings. The maximum absolute atomic E-state index is 13.2. The van der Waals surface area contributed by atoms with Crippen molar-refractivity contribution in [2.24, 2.45) is 0 Å². The molecule has 0 saturated heterocycles. The molecule has 0 aliphatic heterocycles. The van der Waals surface area contributed by atoms with Gasteiger partial charge in [0, 0.05) is 18.4 Å². The Hall–Kier alpha value is -0.610. The molecule has 16 heavy (non-hydrogen) atoms. The average Bonchev–Trinajstić information content (AvgIpc) is 2.29. The van der Waals surface area contributed by atoms with Gasteiger partial charge in [0.1, 0.15) is 5.82 Å². The van der Waals surface area contributed by atoms with Gasteiger partial charge in [-0.15, -0.1) is 0 Å². The molecular formula is C11H12BrClFNO. The average molecular weight is 309 g/mol. The zero-order valence-corrected chi connectivity index (χ0v) is 11.3. The summed E-state index contributed by atoms with van der Waals surface area (Å²) in [6.07, 6.45) is 0. The predicted molar refractivity (Wildman–Crippen MR) is 66.8 cm³/mol. The van der Waals surface area contributed by atoms with Gasteiger partial charge in [-0.05, 0) is 19.1 Å². The topological polar surface area (TPSA) is 20.3 Å². The number of rotatable bonds is 3. The van der Waals surface area contributed by atoms with Crippen LogP contribution in [0.2, 0.25) is 5.02 Å². The second kappa shape index (κ2) is 5.64. The van der Waals surface area contributed by atoms with Crippen LogP contribution in [0.3, 0.4) is 0 Å². The lowest BCUT2D eigenvalue weighted by Gasteiger charge is -2.23. The number of amides is 1. The van der Waals surface area contributed by atoms with Crippen molar-refractivity contribution in [2.45, 2.75) is 13.0 Å². The molecule has 1 amide bonds. The molecule has 0 aromatic heterocycles. The molecule has 1 rings (SSSR count). The highest BCUT2D eigenvalue weighted by atomic mass is 79.9. The second-order valence-corrected chi connectivity index (χ2v) is 4.55. The van der Waals surface area contributed by atoms with Gasteiger partial charge >= 0.3 is 0 Å². The number of nitrogens with zero attached hydrogens (tertiary/aromatic N) is 1. The SMILES string of the molecule is CC(CBr)N(C)C(=O)c1cccc(F)c1Cl. The van der Waals surface area contributed by atoms with Crippen LogP contribution >= 0.6 is 27.5 Å². The Morgan fingerprint density at radius 1 is 1.62 bits per heavy atom. The number of carbonyl (C=O) groups excluding carboxylic acids is 1. The van der Waals surface area contributed by atoms with Crippen molar-refractivity contribution in [3.63, 3.8) is 0 Å². The van der Waals surface area contributed by atoms with E-state index in [9.17, 15) is 9.18 Å². The minimum absolute atomic E-state index is 0.0202. The first-order chi connectivity index (χ1) is 7.49. The lowest BCUT2D eigenvalue weighted by Crippen LogP contribution is -2.36. The fraction of sp³-hybridized carbons (Fsp3) is 0.364. The van der Waals surface area contributed by atoms with E-state index in [4.69, 9.17) is 11.6 Å². The number of benzene rings is 1. The van der Waals surface area contributed by atoms with E-state index in [1.165, 1.54) is 23.1 Å². The summed E-state index contributed by atoms with van der Waals surface area (Å²) in [5, 5.41) is 0.531. The smallest absolute Gasteiger partial charge is 0.255 e. The van der Waals surface area contributed by atoms with Crippen LogP contribution in [0.15, 0.2) is 18.2 Å². The molecule has 2 nitrogen and oxygen atoms in total. The van der Waals surface area contributed by atoms with Crippen molar-refractivity contribution >= 4 is 33.4 Å². The van der Waals surface area contributed by atoms with E-state index in [-0.39, 0.29) is 22.5 Å². The van der Waals surface area contributed by atoms with Gasteiger partial charge in [-0.3, -0.25) is 4.79 Å². The predicted octanol–water partition coefficient (Wildman–Crippen LogP) is 3.33. The third-order valence-corrected chi connectivity index (χ3v) is 3.71. The first-order valence-corrected chi connectivity index (χ1v) is 6.26. The van der Waals surface area contributed by atoms with Crippen molar-refractivity contribution in [1.29, 1.82) is 0 Å². The van der Waals surface area contributed by atoms with Crippen molar-refractivity contribution in [1.82, 2.24) is 4.90 Å². The maximum Gasteiger partial charge on any atom is 0.255 e. The molecule has 1 unspecified atom stereocenters. The summed E-state index contributed by atoms with van der Waals surface area (Å²) in [6, 6.07) is 4.24.